The fourth-order valence-electron chi connectivity index (χ4n) is 1.56. The van der Waals surface area contributed by atoms with Crippen LogP contribution >= 0.6 is 0 Å². The molecule has 1 N–H and O–H groups in total. The largest absolute Gasteiger partial charge is 0.387 e. The molecule has 1 amide bonds. The van der Waals surface area contributed by atoms with Crippen LogP contribution in [-0.2, 0) is 4.79 Å². The minimum absolute atomic E-state index is 0.128. The summed E-state index contributed by atoms with van der Waals surface area (Å²) in [6.07, 6.45) is 3.36. The molecule has 0 aromatic heterocycles. The van der Waals surface area contributed by atoms with Gasteiger partial charge in [0.05, 0.1) is 0 Å². The molecular formula is C10H21NO2. The Morgan fingerprint density at radius 1 is 1.46 bits per heavy atom. The number of hydrogen-bond donors (Lipinski definition) is 1. The first-order valence-corrected chi connectivity index (χ1v) is 5.16. The minimum atomic E-state index is -0.343. The van der Waals surface area contributed by atoms with E-state index < -0.39 is 0 Å². The smallest absolute Gasteiger partial charge is 0.248 e. The summed E-state index contributed by atoms with van der Waals surface area (Å²) in [4.78, 5) is 12.8. The van der Waals surface area contributed by atoms with E-state index in [0.29, 0.717) is 6.04 Å². The molecule has 0 aliphatic carbocycles. The molecule has 1 aliphatic rings. The fraction of sp³-hybridized carbons (Fsp3) is 0.900. The van der Waals surface area contributed by atoms with Crippen molar-refractivity contribution in [2.45, 2.75) is 46.1 Å². The van der Waals surface area contributed by atoms with Crippen molar-refractivity contribution in [2.24, 2.45) is 0 Å². The monoisotopic (exact) mass is 187 g/mol. The summed E-state index contributed by atoms with van der Waals surface area (Å²) < 4.78 is 0. The number of carbonyl (C=O) groups is 1. The Balaban J connectivity index is 0.000000671. The lowest BCUT2D eigenvalue weighted by molar-refractivity contribution is -0.137. The summed E-state index contributed by atoms with van der Waals surface area (Å²) in [6.45, 7) is 6.51. The van der Waals surface area contributed by atoms with Crippen LogP contribution in [-0.4, -0.2) is 35.1 Å². The van der Waals surface area contributed by atoms with Gasteiger partial charge in [0.25, 0.3) is 0 Å². The zero-order valence-corrected chi connectivity index (χ0v) is 8.92. The van der Waals surface area contributed by atoms with Crippen LogP contribution in [0.5, 0.6) is 0 Å². The minimum Gasteiger partial charge on any atom is -0.387 e. The number of nitrogens with zero attached hydrogens (tertiary/aromatic N) is 1. The Bertz CT molecular complexity index is 148. The van der Waals surface area contributed by atoms with Crippen LogP contribution in [0.4, 0.5) is 0 Å². The Hall–Kier alpha value is -0.570. The van der Waals surface area contributed by atoms with Crippen LogP contribution in [0.15, 0.2) is 0 Å². The van der Waals surface area contributed by atoms with Gasteiger partial charge in [0.1, 0.15) is 6.61 Å². The third-order valence-electron chi connectivity index (χ3n) is 2.26. The second-order valence-electron chi connectivity index (χ2n) is 3.09. The Labute approximate surface area is 80.7 Å². The average molecular weight is 187 g/mol. The molecule has 1 fully saturated rings. The van der Waals surface area contributed by atoms with Gasteiger partial charge in [-0.3, -0.25) is 4.79 Å². The molecule has 3 heteroatoms. The number of hydrogen-bond acceptors (Lipinski definition) is 2. The third kappa shape index (κ3) is 3.77. The van der Waals surface area contributed by atoms with E-state index in [4.69, 9.17) is 5.11 Å². The van der Waals surface area contributed by atoms with E-state index in [1.165, 1.54) is 6.42 Å². The van der Waals surface area contributed by atoms with Gasteiger partial charge in [-0.15, -0.1) is 0 Å². The van der Waals surface area contributed by atoms with Crippen molar-refractivity contribution in [3.05, 3.63) is 0 Å². The molecule has 1 heterocycles. The Kier molecular flexibility index (Phi) is 6.59. The molecule has 0 bridgehead atoms. The number of likely N-dealkylation sites (tertiary alicyclic amines) is 1. The number of aliphatic hydroxyl groups is 1. The number of amides is 1. The molecule has 1 rings (SSSR count). The summed E-state index contributed by atoms with van der Waals surface area (Å²) in [5.74, 6) is -0.128. The maximum absolute atomic E-state index is 11.1. The van der Waals surface area contributed by atoms with Crippen molar-refractivity contribution in [1.82, 2.24) is 4.90 Å². The van der Waals surface area contributed by atoms with E-state index in [2.05, 4.69) is 0 Å². The first-order chi connectivity index (χ1) is 6.25. The van der Waals surface area contributed by atoms with Crippen LogP contribution < -0.4 is 0 Å². The van der Waals surface area contributed by atoms with Gasteiger partial charge in [-0.25, -0.2) is 0 Å². The molecule has 1 unspecified atom stereocenters. The summed E-state index contributed by atoms with van der Waals surface area (Å²) in [5.41, 5.74) is 0. The molecular weight excluding hydrogens is 166 g/mol. The number of aliphatic hydroxyl groups excluding tert-OH is 1. The van der Waals surface area contributed by atoms with Gasteiger partial charge in [0.15, 0.2) is 0 Å². The van der Waals surface area contributed by atoms with Gasteiger partial charge in [0.2, 0.25) is 5.91 Å². The highest BCUT2D eigenvalue weighted by atomic mass is 16.3. The molecule has 78 valence electrons. The molecule has 0 aromatic carbocycles. The lowest BCUT2D eigenvalue weighted by atomic mass is 10.0. The van der Waals surface area contributed by atoms with Gasteiger partial charge in [-0.1, -0.05) is 13.8 Å². The molecule has 0 aromatic rings. The lowest BCUT2D eigenvalue weighted by Crippen LogP contribution is -2.43. The molecule has 0 saturated carbocycles. The number of piperidine rings is 1. The van der Waals surface area contributed by atoms with E-state index in [1.54, 1.807) is 4.90 Å². The SMILES string of the molecule is CC.CC1CCCCN1C(=O)CO. The van der Waals surface area contributed by atoms with E-state index in [-0.39, 0.29) is 12.5 Å². The van der Waals surface area contributed by atoms with Crippen molar-refractivity contribution < 1.29 is 9.90 Å². The van der Waals surface area contributed by atoms with Gasteiger partial charge >= 0.3 is 0 Å². The van der Waals surface area contributed by atoms with Gasteiger partial charge in [0, 0.05) is 12.6 Å². The second-order valence-corrected chi connectivity index (χ2v) is 3.09. The van der Waals surface area contributed by atoms with Gasteiger partial charge < -0.3 is 10.0 Å². The van der Waals surface area contributed by atoms with Crippen LogP contribution in [0.1, 0.15) is 40.0 Å². The van der Waals surface area contributed by atoms with E-state index in [0.717, 1.165) is 19.4 Å². The van der Waals surface area contributed by atoms with E-state index in [1.807, 2.05) is 20.8 Å². The first kappa shape index (κ1) is 12.4. The number of rotatable bonds is 1. The normalized spacial score (nSPS) is 21.8. The average Bonchev–Trinajstić information content (AvgIpc) is 2.20. The molecule has 3 nitrogen and oxygen atoms in total. The second kappa shape index (κ2) is 6.89. The Morgan fingerprint density at radius 3 is 2.54 bits per heavy atom. The highest BCUT2D eigenvalue weighted by Gasteiger charge is 2.21. The van der Waals surface area contributed by atoms with Crippen molar-refractivity contribution in [2.75, 3.05) is 13.2 Å². The first-order valence-electron chi connectivity index (χ1n) is 5.16. The summed E-state index contributed by atoms with van der Waals surface area (Å²) in [6, 6.07) is 0.323. The van der Waals surface area contributed by atoms with Gasteiger partial charge in [-0.2, -0.15) is 0 Å². The van der Waals surface area contributed by atoms with Crippen molar-refractivity contribution >= 4 is 5.91 Å². The predicted molar refractivity (Wildman–Crippen MR) is 53.5 cm³/mol. The van der Waals surface area contributed by atoms with E-state index >= 15 is 0 Å². The maximum atomic E-state index is 11.1. The summed E-state index contributed by atoms with van der Waals surface area (Å²) in [5, 5.41) is 8.61. The summed E-state index contributed by atoms with van der Waals surface area (Å²) in [7, 11) is 0. The lowest BCUT2D eigenvalue weighted by Gasteiger charge is -2.32. The third-order valence-corrected chi connectivity index (χ3v) is 2.26. The maximum Gasteiger partial charge on any atom is 0.248 e. The van der Waals surface area contributed by atoms with Gasteiger partial charge in [-0.05, 0) is 26.2 Å². The van der Waals surface area contributed by atoms with Crippen LogP contribution in [0.2, 0.25) is 0 Å². The van der Waals surface area contributed by atoms with Crippen LogP contribution in [0.25, 0.3) is 0 Å². The predicted octanol–water partition coefficient (Wildman–Crippen LogP) is 1.41. The van der Waals surface area contributed by atoms with Crippen molar-refractivity contribution in [3.8, 4) is 0 Å². The Morgan fingerprint density at radius 2 is 2.08 bits per heavy atom. The zero-order valence-electron chi connectivity index (χ0n) is 8.92. The fourth-order valence-corrected chi connectivity index (χ4v) is 1.56. The molecule has 1 atom stereocenters. The highest BCUT2D eigenvalue weighted by Crippen LogP contribution is 2.15. The van der Waals surface area contributed by atoms with Crippen molar-refractivity contribution in [3.63, 3.8) is 0 Å². The zero-order chi connectivity index (χ0) is 10.3. The quantitative estimate of drug-likeness (QED) is 0.674. The standard InChI is InChI=1S/C8H15NO2.C2H6/c1-7-4-2-3-5-9(7)8(11)6-10;1-2/h7,10H,2-6H2,1H3;1-2H3. The highest BCUT2D eigenvalue weighted by molar-refractivity contribution is 5.77. The molecule has 1 saturated heterocycles. The molecule has 13 heavy (non-hydrogen) atoms. The topological polar surface area (TPSA) is 40.5 Å². The molecule has 1 aliphatic heterocycles. The van der Waals surface area contributed by atoms with Crippen LogP contribution in [0, 0.1) is 0 Å². The molecule has 0 radical (unpaired) electrons. The van der Waals surface area contributed by atoms with Crippen molar-refractivity contribution in [1.29, 1.82) is 0 Å². The van der Waals surface area contributed by atoms with E-state index in [9.17, 15) is 4.79 Å². The van der Waals surface area contributed by atoms with Crippen LogP contribution in [0.3, 0.4) is 0 Å². The molecule has 0 spiro atoms. The number of carbonyl (C=O) groups excluding carboxylic acids is 1. The summed E-state index contributed by atoms with van der Waals surface area (Å²) >= 11 is 0.